The second-order valence-electron chi connectivity index (χ2n) is 8.36. The fourth-order valence-electron chi connectivity index (χ4n) is 4.10. The van der Waals surface area contributed by atoms with Gasteiger partial charge in [0.15, 0.2) is 11.0 Å². The Labute approximate surface area is 213 Å². The van der Waals surface area contributed by atoms with Gasteiger partial charge in [-0.1, -0.05) is 36.2 Å². The molecule has 35 heavy (non-hydrogen) atoms. The summed E-state index contributed by atoms with van der Waals surface area (Å²) in [6.07, 6.45) is 5.05. The number of hydrogen-bond donors (Lipinski definition) is 1. The van der Waals surface area contributed by atoms with Crippen molar-refractivity contribution in [2.45, 2.75) is 26.7 Å². The average molecular weight is 513 g/mol. The lowest BCUT2D eigenvalue weighted by Crippen LogP contribution is -2.22. The molecule has 0 radical (unpaired) electrons. The third kappa shape index (κ3) is 4.39. The van der Waals surface area contributed by atoms with Crippen LogP contribution in [0.5, 0.6) is 5.75 Å². The van der Waals surface area contributed by atoms with Crippen LogP contribution < -0.4 is 10.5 Å². The van der Waals surface area contributed by atoms with Gasteiger partial charge in [-0.15, -0.1) is 0 Å². The highest BCUT2D eigenvalue weighted by Gasteiger charge is 2.26. The number of ether oxygens (including phenoxy) is 1. The Bertz CT molecular complexity index is 1420. The molecule has 2 N–H and O–H groups in total. The molecule has 0 fully saturated rings. The number of imidazole rings is 1. The molecular formula is C25H26Cl2N6O2. The number of halogens is 2. The first-order valence-corrected chi connectivity index (χ1v) is 11.8. The van der Waals surface area contributed by atoms with Gasteiger partial charge < -0.3 is 15.4 Å². The predicted octanol–water partition coefficient (Wildman–Crippen LogP) is 5.24. The number of amides is 1. The van der Waals surface area contributed by atoms with Gasteiger partial charge in [-0.25, -0.2) is 9.97 Å². The van der Waals surface area contributed by atoms with E-state index in [1.54, 1.807) is 38.8 Å². The normalized spacial score (nSPS) is 12.1. The standard InChI is InChI=1S/C25H26Cl2N6O2/c1-6-35-21-16(13(2)24-31-22(27)20-23(28)29-9-10-33(20)24)11-17(26)14(3)19(21)15-7-8-18(30-12-15)25(34)32(4)5/h7-13H,6H2,1-5H3,(H2,28,29)/t13-/m0/s1. The molecule has 1 amide bonds. The van der Waals surface area contributed by atoms with E-state index >= 15 is 0 Å². The van der Waals surface area contributed by atoms with Crippen molar-refractivity contribution in [3.05, 3.63) is 69.6 Å². The number of fused-ring (bicyclic) bond motifs is 1. The van der Waals surface area contributed by atoms with Crippen LogP contribution in [0.2, 0.25) is 10.2 Å². The van der Waals surface area contributed by atoms with Crippen LogP contribution in [0.1, 0.15) is 47.2 Å². The third-order valence-electron chi connectivity index (χ3n) is 5.89. The number of nitrogen functional groups attached to an aromatic ring is 1. The highest BCUT2D eigenvalue weighted by Crippen LogP contribution is 2.44. The minimum Gasteiger partial charge on any atom is -0.493 e. The Hall–Kier alpha value is -3.36. The molecule has 0 unspecified atom stereocenters. The quantitative estimate of drug-likeness (QED) is 0.379. The van der Waals surface area contributed by atoms with Crippen LogP contribution in [0.25, 0.3) is 16.6 Å². The van der Waals surface area contributed by atoms with E-state index in [-0.39, 0.29) is 17.0 Å². The molecule has 182 valence electrons. The molecule has 0 aliphatic heterocycles. The number of nitrogens with two attached hydrogens (primary N) is 1. The second kappa shape index (κ2) is 9.71. The summed E-state index contributed by atoms with van der Waals surface area (Å²) in [7, 11) is 3.38. The van der Waals surface area contributed by atoms with Gasteiger partial charge in [-0.05, 0) is 31.5 Å². The Kier molecular flexibility index (Phi) is 6.87. The summed E-state index contributed by atoms with van der Waals surface area (Å²) in [6.45, 7) is 6.31. The molecule has 4 aromatic rings. The number of aromatic nitrogens is 4. The molecule has 0 aliphatic rings. The highest BCUT2D eigenvalue weighted by molar-refractivity contribution is 6.33. The third-order valence-corrected chi connectivity index (χ3v) is 6.55. The van der Waals surface area contributed by atoms with Gasteiger partial charge in [0.1, 0.15) is 22.8 Å². The summed E-state index contributed by atoms with van der Waals surface area (Å²) in [6, 6.07) is 5.45. The zero-order valence-corrected chi connectivity index (χ0v) is 21.6. The van der Waals surface area contributed by atoms with Crippen molar-refractivity contribution in [2.75, 3.05) is 26.4 Å². The first-order chi connectivity index (χ1) is 16.6. The van der Waals surface area contributed by atoms with Crippen LogP contribution >= 0.6 is 23.2 Å². The fraction of sp³-hybridized carbons (Fsp3) is 0.280. The maximum Gasteiger partial charge on any atom is 0.271 e. The predicted molar refractivity (Wildman–Crippen MR) is 139 cm³/mol. The largest absolute Gasteiger partial charge is 0.493 e. The number of nitrogens with zero attached hydrogens (tertiary/aromatic N) is 5. The zero-order valence-electron chi connectivity index (χ0n) is 20.1. The SMILES string of the molecule is CCOc1c([C@H](C)c2nc(Cl)c3c(N)nccn23)cc(Cl)c(C)c1-c1ccc(C(=O)N(C)C)nc1. The van der Waals surface area contributed by atoms with Crippen LogP contribution in [-0.2, 0) is 0 Å². The number of anilines is 1. The van der Waals surface area contributed by atoms with E-state index in [0.29, 0.717) is 40.2 Å². The zero-order chi connectivity index (χ0) is 25.4. The molecule has 0 bridgehead atoms. The molecule has 0 saturated carbocycles. The number of rotatable bonds is 6. The summed E-state index contributed by atoms with van der Waals surface area (Å²) in [5, 5.41) is 0.853. The van der Waals surface area contributed by atoms with Crippen LogP contribution in [0.15, 0.2) is 36.8 Å². The molecule has 4 rings (SSSR count). The minimum absolute atomic E-state index is 0.171. The van der Waals surface area contributed by atoms with Crippen molar-refractivity contribution in [1.82, 2.24) is 24.3 Å². The van der Waals surface area contributed by atoms with Crippen molar-refractivity contribution in [3.8, 4) is 16.9 Å². The molecule has 8 nitrogen and oxygen atoms in total. The van der Waals surface area contributed by atoms with Crippen LogP contribution in [0, 0.1) is 6.92 Å². The lowest BCUT2D eigenvalue weighted by atomic mass is 9.91. The molecular weight excluding hydrogens is 487 g/mol. The molecule has 0 saturated heterocycles. The fourth-order valence-corrected chi connectivity index (χ4v) is 4.58. The number of benzene rings is 1. The molecule has 1 atom stereocenters. The van der Waals surface area contributed by atoms with E-state index in [2.05, 4.69) is 15.0 Å². The van der Waals surface area contributed by atoms with Gasteiger partial charge >= 0.3 is 0 Å². The summed E-state index contributed by atoms with van der Waals surface area (Å²) in [5.41, 5.74) is 10.2. The Morgan fingerprint density at radius 3 is 2.63 bits per heavy atom. The summed E-state index contributed by atoms with van der Waals surface area (Å²) >= 11 is 13.1. The van der Waals surface area contributed by atoms with Crippen molar-refractivity contribution in [1.29, 1.82) is 0 Å². The van der Waals surface area contributed by atoms with Gasteiger partial charge in [0.05, 0.1) is 6.61 Å². The molecule has 3 aromatic heterocycles. The Morgan fingerprint density at radius 1 is 1.26 bits per heavy atom. The van der Waals surface area contributed by atoms with Crippen LogP contribution in [-0.4, -0.2) is 50.9 Å². The monoisotopic (exact) mass is 512 g/mol. The summed E-state index contributed by atoms with van der Waals surface area (Å²) < 4.78 is 8.03. The van der Waals surface area contributed by atoms with E-state index in [1.807, 2.05) is 37.3 Å². The van der Waals surface area contributed by atoms with Crippen molar-refractivity contribution in [2.24, 2.45) is 0 Å². The van der Waals surface area contributed by atoms with Crippen LogP contribution in [0.3, 0.4) is 0 Å². The molecule has 3 heterocycles. The van der Waals surface area contributed by atoms with E-state index in [9.17, 15) is 4.79 Å². The number of carbonyl (C=O) groups is 1. The van der Waals surface area contributed by atoms with E-state index in [0.717, 1.165) is 22.3 Å². The number of carbonyl (C=O) groups excluding carboxylic acids is 1. The Balaban J connectivity index is 1.90. The first kappa shape index (κ1) is 24.8. The van der Waals surface area contributed by atoms with E-state index < -0.39 is 0 Å². The number of pyridine rings is 1. The van der Waals surface area contributed by atoms with E-state index in [1.165, 1.54) is 4.90 Å². The topological polar surface area (TPSA) is 98.6 Å². The highest BCUT2D eigenvalue weighted by atomic mass is 35.5. The van der Waals surface area contributed by atoms with Crippen molar-refractivity contribution < 1.29 is 9.53 Å². The maximum atomic E-state index is 12.3. The molecule has 10 heteroatoms. The van der Waals surface area contributed by atoms with Gasteiger partial charge in [-0.2, -0.15) is 0 Å². The van der Waals surface area contributed by atoms with Crippen molar-refractivity contribution in [3.63, 3.8) is 0 Å². The van der Waals surface area contributed by atoms with Gasteiger partial charge in [0.2, 0.25) is 0 Å². The first-order valence-electron chi connectivity index (χ1n) is 11.1. The maximum absolute atomic E-state index is 12.3. The molecule has 0 spiro atoms. The Morgan fingerprint density at radius 2 is 2.00 bits per heavy atom. The average Bonchev–Trinajstić information content (AvgIpc) is 3.18. The summed E-state index contributed by atoms with van der Waals surface area (Å²) in [5.74, 6) is 1.23. The van der Waals surface area contributed by atoms with E-state index in [4.69, 9.17) is 33.7 Å². The van der Waals surface area contributed by atoms with Crippen LogP contribution in [0.4, 0.5) is 5.82 Å². The smallest absolute Gasteiger partial charge is 0.271 e. The lowest BCUT2D eigenvalue weighted by molar-refractivity contribution is 0.0822. The minimum atomic E-state index is -0.252. The summed E-state index contributed by atoms with van der Waals surface area (Å²) in [4.78, 5) is 26.9. The second-order valence-corrected chi connectivity index (χ2v) is 9.12. The van der Waals surface area contributed by atoms with Gasteiger partial charge in [0, 0.05) is 60.3 Å². The van der Waals surface area contributed by atoms with Crippen molar-refractivity contribution >= 4 is 40.4 Å². The number of hydrogen-bond acceptors (Lipinski definition) is 6. The van der Waals surface area contributed by atoms with Gasteiger partial charge in [0.25, 0.3) is 5.91 Å². The lowest BCUT2D eigenvalue weighted by Gasteiger charge is -2.22. The molecule has 0 aliphatic carbocycles. The molecule has 1 aromatic carbocycles. The van der Waals surface area contributed by atoms with Gasteiger partial charge in [-0.3, -0.25) is 14.2 Å².